The van der Waals surface area contributed by atoms with Crippen molar-refractivity contribution in [3.05, 3.63) is 0 Å². The molecule has 0 radical (unpaired) electrons. The lowest BCUT2D eigenvalue weighted by atomic mass is 9.97. The number of rotatable bonds is 7. The van der Waals surface area contributed by atoms with Crippen molar-refractivity contribution in [3.63, 3.8) is 0 Å². The monoisotopic (exact) mass is 488 g/mol. The summed E-state index contributed by atoms with van der Waals surface area (Å²) in [7, 11) is 0. The van der Waals surface area contributed by atoms with Crippen LogP contribution in [0.1, 0.15) is 0 Å². The summed E-state index contributed by atoms with van der Waals surface area (Å²) in [5, 5.41) is 98.5. The third-order valence-corrected chi connectivity index (χ3v) is 5.71. The van der Waals surface area contributed by atoms with E-state index < -0.39 is 105 Å². The first kappa shape index (κ1) is 26.5. The molecule has 16 nitrogen and oxygen atoms in total. The molecular formula is C17H28O16. The maximum absolute atomic E-state index is 11.4. The van der Waals surface area contributed by atoms with Gasteiger partial charge in [0.15, 0.2) is 25.0 Å². The number of carboxylic acids is 1. The molecule has 10 N–H and O–H groups in total. The Balaban J connectivity index is 1.83. The Morgan fingerprint density at radius 1 is 0.636 bits per heavy atom. The maximum atomic E-state index is 11.4. The van der Waals surface area contributed by atoms with Gasteiger partial charge in [-0.05, 0) is 0 Å². The highest BCUT2D eigenvalue weighted by Crippen LogP contribution is 2.33. The molecule has 3 fully saturated rings. The van der Waals surface area contributed by atoms with Gasteiger partial charge >= 0.3 is 5.97 Å². The number of aliphatic hydroxyl groups excluding tert-OH is 9. The summed E-state index contributed by atoms with van der Waals surface area (Å²) in [6.45, 7) is -1.50. The molecule has 3 saturated heterocycles. The van der Waals surface area contributed by atoms with Crippen LogP contribution in [0.2, 0.25) is 0 Å². The van der Waals surface area contributed by atoms with Gasteiger partial charge in [-0.3, -0.25) is 0 Å². The summed E-state index contributed by atoms with van der Waals surface area (Å²) < 4.78 is 26.0. The van der Waals surface area contributed by atoms with Gasteiger partial charge in [-0.1, -0.05) is 0 Å². The average molecular weight is 488 g/mol. The molecule has 0 saturated carbocycles. The summed E-state index contributed by atoms with van der Waals surface area (Å²) >= 11 is 0. The molecule has 192 valence electrons. The number of carboxylic acid groups (broad SMARTS) is 1. The van der Waals surface area contributed by atoms with Crippen LogP contribution in [-0.4, -0.2) is 156 Å². The fraction of sp³-hybridized carbons (Fsp3) is 0.941. The lowest BCUT2D eigenvalue weighted by Crippen LogP contribution is -2.65. The third kappa shape index (κ3) is 5.14. The number of ether oxygens (including phenoxy) is 5. The number of hydrogen-bond donors (Lipinski definition) is 10. The molecule has 3 heterocycles. The van der Waals surface area contributed by atoms with E-state index in [1.807, 2.05) is 0 Å². The first-order valence-electron chi connectivity index (χ1n) is 10.00. The highest BCUT2D eigenvalue weighted by atomic mass is 16.8. The van der Waals surface area contributed by atoms with E-state index in [-0.39, 0.29) is 0 Å². The number of carbonyl (C=O) groups is 1. The highest BCUT2D eigenvalue weighted by molar-refractivity contribution is 5.73. The van der Waals surface area contributed by atoms with E-state index in [2.05, 4.69) is 0 Å². The SMILES string of the molecule is O=C(O)[C@H]1O[C@@H](O)[C@H](O[C@@H]2O[C@H](CO)[C@@H](O)[C@H](O)[C@H]2O)[C@@H](O[C@@H]2O[C@@H](CO)[C@H](O)[C@H]2O)[C@@H]1O. The minimum Gasteiger partial charge on any atom is -0.479 e. The van der Waals surface area contributed by atoms with Crippen molar-refractivity contribution < 1.29 is 79.5 Å². The largest absolute Gasteiger partial charge is 0.479 e. The lowest BCUT2D eigenvalue weighted by Gasteiger charge is -2.46. The Kier molecular flexibility index (Phi) is 8.57. The van der Waals surface area contributed by atoms with Crippen LogP contribution < -0.4 is 0 Å². The van der Waals surface area contributed by atoms with Gasteiger partial charge in [0.1, 0.15) is 61.0 Å². The summed E-state index contributed by atoms with van der Waals surface area (Å²) in [5.41, 5.74) is 0. The van der Waals surface area contributed by atoms with Gasteiger partial charge in [0.25, 0.3) is 0 Å². The van der Waals surface area contributed by atoms with Gasteiger partial charge in [-0.15, -0.1) is 0 Å². The van der Waals surface area contributed by atoms with E-state index in [1.165, 1.54) is 0 Å². The van der Waals surface area contributed by atoms with Crippen LogP contribution in [0.25, 0.3) is 0 Å². The van der Waals surface area contributed by atoms with Crippen molar-refractivity contribution in [2.24, 2.45) is 0 Å². The fourth-order valence-corrected chi connectivity index (χ4v) is 3.81. The van der Waals surface area contributed by atoms with E-state index in [1.54, 1.807) is 0 Å². The van der Waals surface area contributed by atoms with Crippen molar-refractivity contribution in [1.29, 1.82) is 0 Å². The molecule has 3 aliphatic heterocycles. The molecule has 3 aliphatic rings. The molecule has 14 atom stereocenters. The van der Waals surface area contributed by atoms with Gasteiger partial charge in [-0.25, -0.2) is 4.79 Å². The van der Waals surface area contributed by atoms with E-state index in [0.29, 0.717) is 0 Å². The smallest absolute Gasteiger partial charge is 0.335 e. The second-order valence-corrected chi connectivity index (χ2v) is 7.88. The quantitative estimate of drug-likeness (QED) is 0.159. The first-order chi connectivity index (χ1) is 15.5. The van der Waals surface area contributed by atoms with Crippen molar-refractivity contribution in [1.82, 2.24) is 0 Å². The van der Waals surface area contributed by atoms with Crippen LogP contribution in [0.3, 0.4) is 0 Å². The standard InChI is InChI=1S/C17H28O16/c18-1-3-5(20)7(22)9(24)17(29-3)33-13-11(10(25)12(14(26)27)31-15(13)28)32-16-8(23)6(21)4(2-19)30-16/h3-13,15-25,28H,1-2H2,(H,26,27)/t3-,4+,5-,6+,7+,8-,9-,10+,11+,12+,13-,15-,16+,17+/m1/s1. The van der Waals surface area contributed by atoms with Crippen LogP contribution in [0.4, 0.5) is 0 Å². The van der Waals surface area contributed by atoms with Crippen molar-refractivity contribution in [2.75, 3.05) is 13.2 Å². The van der Waals surface area contributed by atoms with Gasteiger partial charge in [0.05, 0.1) is 13.2 Å². The molecule has 0 aromatic heterocycles. The Morgan fingerprint density at radius 3 is 1.58 bits per heavy atom. The van der Waals surface area contributed by atoms with Crippen molar-refractivity contribution in [3.8, 4) is 0 Å². The van der Waals surface area contributed by atoms with Crippen molar-refractivity contribution >= 4 is 5.97 Å². The molecule has 16 heteroatoms. The lowest BCUT2D eigenvalue weighted by molar-refractivity contribution is -0.372. The molecule has 0 aromatic rings. The van der Waals surface area contributed by atoms with E-state index in [9.17, 15) is 55.9 Å². The second-order valence-electron chi connectivity index (χ2n) is 7.88. The molecule has 0 bridgehead atoms. The second kappa shape index (κ2) is 10.7. The van der Waals surface area contributed by atoms with Gasteiger partial charge in [0.2, 0.25) is 0 Å². The van der Waals surface area contributed by atoms with Crippen LogP contribution in [0, 0.1) is 0 Å². The minimum atomic E-state index is -2.12. The van der Waals surface area contributed by atoms with E-state index >= 15 is 0 Å². The number of aliphatic hydroxyl groups is 9. The topological polar surface area (TPSA) is 266 Å². The summed E-state index contributed by atoms with van der Waals surface area (Å²) in [5.74, 6) is -1.69. The Bertz CT molecular complexity index is 663. The van der Waals surface area contributed by atoms with Crippen molar-refractivity contribution in [2.45, 2.75) is 86.0 Å². The fourth-order valence-electron chi connectivity index (χ4n) is 3.81. The molecule has 0 unspecified atom stereocenters. The van der Waals surface area contributed by atoms with E-state index in [0.717, 1.165) is 0 Å². The van der Waals surface area contributed by atoms with Gasteiger partial charge < -0.3 is 74.7 Å². The van der Waals surface area contributed by atoms with Crippen LogP contribution in [-0.2, 0) is 28.5 Å². The Hall–Kier alpha value is -1.09. The van der Waals surface area contributed by atoms with Crippen LogP contribution in [0.15, 0.2) is 0 Å². The van der Waals surface area contributed by atoms with Crippen LogP contribution >= 0.6 is 0 Å². The zero-order valence-corrected chi connectivity index (χ0v) is 16.9. The highest BCUT2D eigenvalue weighted by Gasteiger charge is 2.55. The number of hydrogen-bond acceptors (Lipinski definition) is 15. The summed E-state index contributed by atoms with van der Waals surface area (Å²) in [6, 6.07) is 0. The molecular weight excluding hydrogens is 460 g/mol. The average Bonchev–Trinajstić information content (AvgIpc) is 3.05. The third-order valence-electron chi connectivity index (χ3n) is 5.71. The predicted molar refractivity (Wildman–Crippen MR) is 95.8 cm³/mol. The zero-order chi connectivity index (χ0) is 24.6. The molecule has 0 aliphatic carbocycles. The Morgan fingerprint density at radius 2 is 1.09 bits per heavy atom. The Labute approximate surface area is 185 Å². The molecule has 0 spiro atoms. The molecule has 3 rings (SSSR count). The van der Waals surface area contributed by atoms with E-state index in [4.69, 9.17) is 23.7 Å². The minimum absolute atomic E-state index is 0.709. The molecule has 0 aromatic carbocycles. The summed E-state index contributed by atoms with van der Waals surface area (Å²) in [4.78, 5) is 11.4. The number of aliphatic carboxylic acids is 1. The van der Waals surface area contributed by atoms with Gasteiger partial charge in [-0.2, -0.15) is 0 Å². The molecule has 33 heavy (non-hydrogen) atoms. The first-order valence-corrected chi connectivity index (χ1v) is 10.00. The molecule has 0 amide bonds. The normalized spacial score (nSPS) is 50.9. The predicted octanol–water partition coefficient (Wildman–Crippen LogP) is -6.84. The summed E-state index contributed by atoms with van der Waals surface area (Å²) in [6.07, 6.45) is -24.9. The van der Waals surface area contributed by atoms with Gasteiger partial charge in [0, 0.05) is 0 Å². The maximum Gasteiger partial charge on any atom is 0.335 e. The zero-order valence-electron chi connectivity index (χ0n) is 16.9. The van der Waals surface area contributed by atoms with Crippen LogP contribution in [0.5, 0.6) is 0 Å².